The van der Waals surface area contributed by atoms with Crippen LogP contribution in [0.2, 0.25) is 10.0 Å². The number of hydrogen-bond acceptors (Lipinski definition) is 7. The van der Waals surface area contributed by atoms with Crippen LogP contribution in [0.3, 0.4) is 0 Å². The van der Waals surface area contributed by atoms with E-state index in [2.05, 4.69) is 15.2 Å². The van der Waals surface area contributed by atoms with Gasteiger partial charge in [0.25, 0.3) is 5.91 Å². The molecule has 1 fully saturated rings. The van der Waals surface area contributed by atoms with Crippen molar-refractivity contribution < 1.29 is 27.8 Å². The van der Waals surface area contributed by atoms with Crippen molar-refractivity contribution in [2.24, 2.45) is 0 Å². The number of morpholine rings is 1. The highest BCUT2D eigenvalue weighted by Gasteiger charge is 2.39. The van der Waals surface area contributed by atoms with Crippen LogP contribution in [-0.2, 0) is 17.8 Å². The lowest BCUT2D eigenvalue weighted by Crippen LogP contribution is -2.41. The molecule has 1 unspecified atom stereocenters. The molecule has 1 atom stereocenters. The van der Waals surface area contributed by atoms with Gasteiger partial charge in [-0.3, -0.25) is 9.36 Å². The number of para-hydroxylation sites is 1. The molecule has 11 nitrogen and oxygen atoms in total. The molecular weight excluding hydrogens is 590 g/mol. The van der Waals surface area contributed by atoms with Gasteiger partial charge in [-0.2, -0.15) is 13.2 Å². The highest BCUT2D eigenvalue weighted by Crippen LogP contribution is 2.26. The molecule has 1 aliphatic heterocycles. The molecule has 216 valence electrons. The van der Waals surface area contributed by atoms with Crippen LogP contribution < -0.4 is 5.69 Å². The number of halogens is 5. The van der Waals surface area contributed by atoms with E-state index in [9.17, 15) is 27.9 Å². The first-order chi connectivity index (χ1) is 19.5. The summed E-state index contributed by atoms with van der Waals surface area (Å²) in [4.78, 5) is 32.2. The molecule has 2 aromatic carbocycles. The first-order valence-electron chi connectivity index (χ1n) is 12.3. The normalized spacial score (nSPS) is 14.8. The maximum atomic E-state index is 13.2. The van der Waals surface area contributed by atoms with Crippen molar-refractivity contribution in [3.8, 4) is 17.1 Å². The number of alkyl halides is 3. The summed E-state index contributed by atoms with van der Waals surface area (Å²) >= 11 is 12.4. The topological polar surface area (TPSA) is 120 Å². The minimum absolute atomic E-state index is 0.0699. The molecule has 0 saturated carbocycles. The molecule has 16 heteroatoms. The molecule has 0 radical (unpaired) electrons. The Bertz CT molecular complexity index is 1610. The smallest absolute Gasteiger partial charge is 0.382 e. The molecule has 0 aliphatic carbocycles. The molecule has 1 saturated heterocycles. The Morgan fingerprint density at radius 1 is 1.07 bits per heavy atom. The number of aromatic nitrogens is 6. The summed E-state index contributed by atoms with van der Waals surface area (Å²) in [7, 11) is 0. The van der Waals surface area contributed by atoms with E-state index >= 15 is 0 Å². The van der Waals surface area contributed by atoms with Crippen LogP contribution in [0.1, 0.15) is 16.2 Å². The SMILES string of the molecule is O=C(c1cccc(Cl)c1-n1cnc(Cn2nc(-c3ccc(Cl)cc3)n(CC(O)C(F)(F)F)c2=O)n1)N1CCOCC1. The Labute approximate surface area is 240 Å². The number of carbonyl (C=O) groups is 1. The van der Waals surface area contributed by atoms with Gasteiger partial charge in [-0.05, 0) is 36.4 Å². The third-order valence-corrected chi connectivity index (χ3v) is 6.89. The summed E-state index contributed by atoms with van der Waals surface area (Å²) in [5.41, 5.74) is -0.0585. The zero-order valence-electron chi connectivity index (χ0n) is 21.1. The van der Waals surface area contributed by atoms with Crippen molar-refractivity contribution in [2.45, 2.75) is 25.4 Å². The van der Waals surface area contributed by atoms with E-state index in [1.54, 1.807) is 23.1 Å². The van der Waals surface area contributed by atoms with Gasteiger partial charge in [0.15, 0.2) is 17.8 Å². The number of benzene rings is 2. The largest absolute Gasteiger partial charge is 0.416 e. The summed E-state index contributed by atoms with van der Waals surface area (Å²) in [6.45, 7) is 0.256. The Balaban J connectivity index is 1.48. The lowest BCUT2D eigenvalue weighted by atomic mass is 10.1. The number of rotatable bonds is 7. The second kappa shape index (κ2) is 11.6. The number of carbonyl (C=O) groups excluding carboxylic acids is 1. The maximum absolute atomic E-state index is 13.2. The van der Waals surface area contributed by atoms with Crippen molar-refractivity contribution in [3.63, 3.8) is 0 Å². The fourth-order valence-corrected chi connectivity index (χ4v) is 4.65. The Morgan fingerprint density at radius 2 is 1.78 bits per heavy atom. The quantitative estimate of drug-likeness (QED) is 0.341. The van der Waals surface area contributed by atoms with Gasteiger partial charge in [0, 0.05) is 23.7 Å². The third-order valence-electron chi connectivity index (χ3n) is 6.33. The molecule has 2 aromatic heterocycles. The number of hydrogen-bond donors (Lipinski definition) is 1. The highest BCUT2D eigenvalue weighted by molar-refractivity contribution is 6.33. The van der Waals surface area contributed by atoms with Gasteiger partial charge in [0.05, 0.1) is 36.0 Å². The van der Waals surface area contributed by atoms with Crippen molar-refractivity contribution >= 4 is 29.1 Å². The monoisotopic (exact) mass is 611 g/mol. The predicted molar refractivity (Wildman–Crippen MR) is 141 cm³/mol. The van der Waals surface area contributed by atoms with Crippen molar-refractivity contribution in [1.82, 2.24) is 34.0 Å². The number of aliphatic hydroxyl groups is 1. The van der Waals surface area contributed by atoms with Crippen LogP contribution in [0, 0.1) is 0 Å². The minimum Gasteiger partial charge on any atom is -0.382 e. The van der Waals surface area contributed by atoms with Gasteiger partial charge in [-0.25, -0.2) is 19.1 Å². The van der Waals surface area contributed by atoms with E-state index in [1.807, 2.05) is 0 Å². The fourth-order valence-electron chi connectivity index (χ4n) is 4.27. The van der Waals surface area contributed by atoms with E-state index in [1.165, 1.54) is 35.3 Å². The lowest BCUT2D eigenvalue weighted by Gasteiger charge is -2.27. The highest BCUT2D eigenvalue weighted by atomic mass is 35.5. The zero-order valence-corrected chi connectivity index (χ0v) is 22.6. The first kappa shape index (κ1) is 28.8. The molecule has 4 aromatic rings. The summed E-state index contributed by atoms with van der Waals surface area (Å²) in [5.74, 6) is -0.312. The first-order valence-corrected chi connectivity index (χ1v) is 13.0. The summed E-state index contributed by atoms with van der Waals surface area (Å²) in [6, 6.07) is 10.8. The molecule has 0 bridgehead atoms. The second-order valence-corrected chi connectivity index (χ2v) is 9.93. The van der Waals surface area contributed by atoms with Crippen LogP contribution in [0.4, 0.5) is 13.2 Å². The van der Waals surface area contributed by atoms with E-state index < -0.39 is 24.5 Å². The molecular formula is C25H22Cl2F3N7O4. The molecule has 0 spiro atoms. The van der Waals surface area contributed by atoms with Gasteiger partial charge in [0.2, 0.25) is 0 Å². The van der Waals surface area contributed by atoms with Gasteiger partial charge in [0.1, 0.15) is 12.9 Å². The fraction of sp³-hybridized carbons (Fsp3) is 0.320. The van der Waals surface area contributed by atoms with E-state index in [0.717, 1.165) is 9.25 Å². The third kappa shape index (κ3) is 6.15. The van der Waals surface area contributed by atoms with E-state index in [4.69, 9.17) is 27.9 Å². The van der Waals surface area contributed by atoms with Crippen LogP contribution in [0.15, 0.2) is 53.6 Å². The Kier molecular flexibility index (Phi) is 8.18. The number of aliphatic hydroxyl groups excluding tert-OH is 1. The average Bonchev–Trinajstić information content (AvgIpc) is 3.53. The van der Waals surface area contributed by atoms with Gasteiger partial charge in [-0.1, -0.05) is 29.3 Å². The van der Waals surface area contributed by atoms with E-state index in [-0.39, 0.29) is 40.4 Å². The van der Waals surface area contributed by atoms with Crippen LogP contribution >= 0.6 is 23.2 Å². The maximum Gasteiger partial charge on any atom is 0.416 e. The summed E-state index contributed by atoms with van der Waals surface area (Å²) < 4.78 is 47.6. The van der Waals surface area contributed by atoms with Gasteiger partial charge >= 0.3 is 11.9 Å². The lowest BCUT2D eigenvalue weighted by molar-refractivity contribution is -0.207. The predicted octanol–water partition coefficient (Wildman–Crippen LogP) is 3.04. The van der Waals surface area contributed by atoms with E-state index in [0.29, 0.717) is 36.9 Å². The van der Waals surface area contributed by atoms with Gasteiger partial charge in [-0.15, -0.1) is 10.2 Å². The van der Waals surface area contributed by atoms with Crippen molar-refractivity contribution in [3.05, 3.63) is 80.7 Å². The standard InChI is InChI=1S/C25H22Cl2F3N7O4/c26-16-6-4-15(5-7-16)22-33-36(24(40)35(22)12-19(38)25(28,29)30)13-20-31-14-37(32-20)21-17(2-1-3-18(21)27)23(39)34-8-10-41-11-9-34/h1-7,14,19,38H,8-13H2. The van der Waals surface area contributed by atoms with Crippen LogP contribution in [0.5, 0.6) is 0 Å². The number of nitrogens with zero attached hydrogens (tertiary/aromatic N) is 7. The molecule has 1 amide bonds. The molecule has 1 N–H and O–H groups in total. The zero-order chi connectivity index (χ0) is 29.3. The van der Waals surface area contributed by atoms with Crippen molar-refractivity contribution in [1.29, 1.82) is 0 Å². The molecule has 3 heterocycles. The Morgan fingerprint density at radius 3 is 2.46 bits per heavy atom. The van der Waals surface area contributed by atoms with Crippen LogP contribution in [0.25, 0.3) is 17.1 Å². The summed E-state index contributed by atoms with van der Waals surface area (Å²) in [5, 5.41) is 18.8. The van der Waals surface area contributed by atoms with Crippen LogP contribution in [-0.4, -0.2) is 83.6 Å². The minimum atomic E-state index is -4.95. The Hall–Kier alpha value is -3.72. The van der Waals surface area contributed by atoms with Crippen molar-refractivity contribution in [2.75, 3.05) is 26.3 Å². The second-order valence-electron chi connectivity index (χ2n) is 9.08. The summed E-state index contributed by atoms with van der Waals surface area (Å²) in [6.07, 6.45) is -6.45. The molecule has 41 heavy (non-hydrogen) atoms. The number of ether oxygens (including phenoxy) is 1. The van der Waals surface area contributed by atoms with Gasteiger partial charge < -0.3 is 14.7 Å². The average molecular weight is 612 g/mol. The number of amides is 1. The molecule has 5 rings (SSSR count). The molecule has 1 aliphatic rings.